The number of benzene rings is 1. The third kappa shape index (κ3) is 4.22. The van der Waals surface area contributed by atoms with E-state index in [1.54, 1.807) is 30.3 Å². The van der Waals surface area contributed by atoms with Gasteiger partial charge in [0.05, 0.1) is 25.2 Å². The van der Waals surface area contributed by atoms with Crippen molar-refractivity contribution in [1.29, 1.82) is 0 Å². The molecule has 2 rings (SSSR count). The second-order valence-corrected chi connectivity index (χ2v) is 7.34. The van der Waals surface area contributed by atoms with Crippen LogP contribution in [0.3, 0.4) is 0 Å². The van der Waals surface area contributed by atoms with Gasteiger partial charge in [0.2, 0.25) is 0 Å². The molecule has 0 aliphatic carbocycles. The Morgan fingerprint density at radius 1 is 1.08 bits per heavy atom. The minimum absolute atomic E-state index is 0.0990. The van der Waals surface area contributed by atoms with Gasteiger partial charge in [-0.25, -0.2) is 4.79 Å². The number of rotatable bonds is 5. The molecule has 0 spiro atoms. The SMILES string of the molecule is CC(C)(CC(=O)OC(=O)c1ccccc1)C(C)(C)C1OCCCO1. The molecule has 0 N–H and O–H groups in total. The molecule has 1 aromatic rings. The quantitative estimate of drug-likeness (QED) is 0.608. The molecule has 1 heterocycles. The Bertz CT molecular complexity index is 571. The normalized spacial score (nSPS) is 16.7. The van der Waals surface area contributed by atoms with E-state index in [1.807, 2.05) is 27.7 Å². The van der Waals surface area contributed by atoms with Crippen molar-refractivity contribution in [3.8, 4) is 0 Å². The first kappa shape index (κ1) is 18.6. The van der Waals surface area contributed by atoms with E-state index < -0.39 is 22.8 Å². The van der Waals surface area contributed by atoms with Gasteiger partial charge in [-0.05, 0) is 24.0 Å². The summed E-state index contributed by atoms with van der Waals surface area (Å²) < 4.78 is 16.4. The Balaban J connectivity index is 1.99. The molecular formula is C19H26O5. The Hall–Kier alpha value is -1.72. The smallest absolute Gasteiger partial charge is 0.345 e. The fourth-order valence-corrected chi connectivity index (χ4v) is 2.58. The highest BCUT2D eigenvalue weighted by atomic mass is 16.7. The summed E-state index contributed by atoms with van der Waals surface area (Å²) >= 11 is 0. The predicted molar refractivity (Wildman–Crippen MR) is 89.4 cm³/mol. The first-order valence-electron chi connectivity index (χ1n) is 8.27. The van der Waals surface area contributed by atoms with Gasteiger partial charge in [-0.1, -0.05) is 45.9 Å². The summed E-state index contributed by atoms with van der Waals surface area (Å²) in [6, 6.07) is 8.49. The number of ether oxygens (including phenoxy) is 3. The predicted octanol–water partition coefficient (Wildman–Crippen LogP) is 3.58. The van der Waals surface area contributed by atoms with Crippen LogP contribution in [0.4, 0.5) is 0 Å². The number of carbonyl (C=O) groups is 2. The zero-order chi connectivity index (χ0) is 17.8. The number of hydrogen-bond donors (Lipinski definition) is 0. The van der Waals surface area contributed by atoms with Crippen molar-refractivity contribution in [2.75, 3.05) is 13.2 Å². The van der Waals surface area contributed by atoms with Crippen LogP contribution >= 0.6 is 0 Å². The highest BCUT2D eigenvalue weighted by Crippen LogP contribution is 2.46. The molecule has 1 aromatic carbocycles. The Labute approximate surface area is 143 Å². The van der Waals surface area contributed by atoms with Crippen molar-refractivity contribution in [3.05, 3.63) is 35.9 Å². The average molecular weight is 334 g/mol. The molecule has 0 amide bonds. The lowest BCUT2D eigenvalue weighted by atomic mass is 9.65. The van der Waals surface area contributed by atoms with Crippen molar-refractivity contribution in [2.45, 2.75) is 46.8 Å². The molecule has 0 saturated carbocycles. The van der Waals surface area contributed by atoms with Crippen molar-refractivity contribution in [3.63, 3.8) is 0 Å². The number of carbonyl (C=O) groups excluding carboxylic acids is 2. The minimum Gasteiger partial charge on any atom is -0.389 e. The number of hydrogen-bond acceptors (Lipinski definition) is 5. The molecular weight excluding hydrogens is 308 g/mol. The monoisotopic (exact) mass is 334 g/mol. The summed E-state index contributed by atoms with van der Waals surface area (Å²) in [7, 11) is 0. The first-order chi connectivity index (χ1) is 11.2. The highest BCUT2D eigenvalue weighted by Gasteiger charge is 2.47. The van der Waals surface area contributed by atoms with Crippen LogP contribution in [0.25, 0.3) is 0 Å². The van der Waals surface area contributed by atoms with Gasteiger partial charge in [-0.3, -0.25) is 4.79 Å². The molecule has 0 unspecified atom stereocenters. The molecule has 5 nitrogen and oxygen atoms in total. The van der Waals surface area contributed by atoms with Crippen molar-refractivity contribution < 1.29 is 23.8 Å². The maximum Gasteiger partial charge on any atom is 0.345 e. The third-order valence-corrected chi connectivity index (χ3v) is 4.96. The first-order valence-corrected chi connectivity index (χ1v) is 8.27. The Morgan fingerprint density at radius 3 is 2.25 bits per heavy atom. The van der Waals surface area contributed by atoms with Gasteiger partial charge >= 0.3 is 11.9 Å². The fourth-order valence-electron chi connectivity index (χ4n) is 2.58. The lowest BCUT2D eigenvalue weighted by Crippen LogP contribution is -2.48. The maximum absolute atomic E-state index is 12.2. The number of esters is 2. The summed E-state index contributed by atoms with van der Waals surface area (Å²) in [5, 5.41) is 0. The largest absolute Gasteiger partial charge is 0.389 e. The average Bonchev–Trinajstić information content (AvgIpc) is 2.55. The molecule has 132 valence electrons. The zero-order valence-electron chi connectivity index (χ0n) is 14.8. The van der Waals surface area contributed by atoms with Crippen LogP contribution in [0, 0.1) is 10.8 Å². The van der Waals surface area contributed by atoms with Crippen molar-refractivity contribution in [2.24, 2.45) is 10.8 Å². The van der Waals surface area contributed by atoms with Gasteiger partial charge in [-0.15, -0.1) is 0 Å². The van der Waals surface area contributed by atoms with E-state index in [4.69, 9.17) is 14.2 Å². The molecule has 0 aromatic heterocycles. The van der Waals surface area contributed by atoms with Crippen LogP contribution in [0.2, 0.25) is 0 Å². The van der Waals surface area contributed by atoms with Crippen LogP contribution < -0.4 is 0 Å². The van der Waals surface area contributed by atoms with E-state index in [9.17, 15) is 9.59 Å². The lowest BCUT2D eigenvalue weighted by Gasteiger charge is -2.46. The van der Waals surface area contributed by atoms with E-state index in [-0.39, 0.29) is 12.7 Å². The summed E-state index contributed by atoms with van der Waals surface area (Å²) in [5.41, 5.74) is -0.521. The molecule has 0 radical (unpaired) electrons. The highest BCUT2D eigenvalue weighted by molar-refractivity contribution is 5.96. The summed E-state index contributed by atoms with van der Waals surface area (Å²) in [6.45, 7) is 9.25. The summed E-state index contributed by atoms with van der Waals surface area (Å²) in [6.07, 6.45) is 0.599. The Morgan fingerprint density at radius 2 is 1.67 bits per heavy atom. The van der Waals surface area contributed by atoms with Crippen LogP contribution in [0.1, 0.15) is 50.9 Å². The summed E-state index contributed by atoms with van der Waals surface area (Å²) in [4.78, 5) is 24.2. The van der Waals surface area contributed by atoms with Gasteiger partial charge in [0.25, 0.3) is 0 Å². The fraction of sp³-hybridized carbons (Fsp3) is 0.579. The molecule has 0 bridgehead atoms. The molecule has 1 fully saturated rings. The van der Waals surface area contributed by atoms with E-state index in [0.29, 0.717) is 18.8 Å². The van der Waals surface area contributed by atoms with Gasteiger partial charge in [-0.2, -0.15) is 0 Å². The Kier molecular flexibility index (Phi) is 5.78. The van der Waals surface area contributed by atoms with Crippen LogP contribution in [0.5, 0.6) is 0 Å². The van der Waals surface area contributed by atoms with Crippen molar-refractivity contribution in [1.82, 2.24) is 0 Å². The van der Waals surface area contributed by atoms with E-state index >= 15 is 0 Å². The molecule has 1 saturated heterocycles. The van der Waals surface area contributed by atoms with E-state index in [1.165, 1.54) is 0 Å². The second-order valence-electron chi connectivity index (χ2n) is 7.34. The summed E-state index contributed by atoms with van der Waals surface area (Å²) in [5.74, 6) is -1.17. The molecule has 1 aliphatic heterocycles. The zero-order valence-corrected chi connectivity index (χ0v) is 14.8. The van der Waals surface area contributed by atoms with E-state index in [0.717, 1.165) is 6.42 Å². The van der Waals surface area contributed by atoms with Gasteiger partial charge in [0, 0.05) is 5.41 Å². The van der Waals surface area contributed by atoms with Gasteiger partial charge < -0.3 is 14.2 Å². The standard InChI is InChI=1S/C19H26O5/c1-18(2,19(3,4)17-22-11-8-12-23-17)13-15(20)24-16(21)14-9-6-5-7-10-14/h5-7,9-10,17H,8,11-13H2,1-4H3. The molecule has 0 atom stereocenters. The van der Waals surface area contributed by atoms with Gasteiger partial charge in [0.1, 0.15) is 0 Å². The van der Waals surface area contributed by atoms with E-state index in [2.05, 4.69) is 0 Å². The van der Waals surface area contributed by atoms with Crippen molar-refractivity contribution >= 4 is 11.9 Å². The molecule has 5 heteroatoms. The molecule has 24 heavy (non-hydrogen) atoms. The maximum atomic E-state index is 12.2. The third-order valence-electron chi connectivity index (χ3n) is 4.96. The molecule has 1 aliphatic rings. The van der Waals surface area contributed by atoms with Crippen LogP contribution in [0.15, 0.2) is 30.3 Å². The lowest BCUT2D eigenvalue weighted by molar-refractivity contribution is -0.252. The van der Waals surface area contributed by atoms with Crippen LogP contribution in [-0.2, 0) is 19.0 Å². The van der Waals surface area contributed by atoms with Crippen LogP contribution in [-0.4, -0.2) is 31.4 Å². The topological polar surface area (TPSA) is 61.8 Å². The minimum atomic E-state index is -0.626. The second kappa shape index (κ2) is 7.45. The van der Waals surface area contributed by atoms with Gasteiger partial charge in [0.15, 0.2) is 6.29 Å².